The fraction of sp³-hybridized carbons (Fsp3) is 0.917. The number of hydrogen-bond donors (Lipinski definition) is 1. The van der Waals surface area contributed by atoms with Crippen LogP contribution in [0.25, 0.3) is 0 Å². The summed E-state index contributed by atoms with van der Waals surface area (Å²) in [6.07, 6.45) is 3.84. The van der Waals surface area contributed by atoms with E-state index in [0.717, 1.165) is 10.9 Å². The molecule has 2 unspecified atom stereocenters. The van der Waals surface area contributed by atoms with Crippen molar-refractivity contribution in [3.05, 3.63) is 0 Å². The van der Waals surface area contributed by atoms with Crippen molar-refractivity contribution in [2.24, 2.45) is 10.9 Å². The second-order valence-corrected chi connectivity index (χ2v) is 5.75. The molecule has 0 saturated carbocycles. The highest BCUT2D eigenvalue weighted by atomic mass is 32.2. The van der Waals surface area contributed by atoms with Gasteiger partial charge in [0, 0.05) is 11.8 Å². The molecule has 2 nitrogen and oxygen atoms in total. The minimum atomic E-state index is 0.524. The van der Waals surface area contributed by atoms with E-state index in [9.17, 15) is 0 Å². The van der Waals surface area contributed by atoms with Crippen LogP contribution in [0, 0.1) is 5.92 Å². The number of rotatable bonds is 5. The first-order valence-electron chi connectivity index (χ1n) is 6.10. The van der Waals surface area contributed by atoms with Gasteiger partial charge in [-0.25, -0.2) is 0 Å². The largest absolute Gasteiger partial charge is 0.362 e. The lowest BCUT2D eigenvalue weighted by Gasteiger charge is -2.13. The molecule has 1 heterocycles. The van der Waals surface area contributed by atoms with E-state index in [1.165, 1.54) is 19.3 Å². The first kappa shape index (κ1) is 12.9. The number of nitrogens with zero attached hydrogens (tertiary/aromatic N) is 1. The first-order valence-corrected chi connectivity index (χ1v) is 7.09. The summed E-state index contributed by atoms with van der Waals surface area (Å²) in [4.78, 5) is 4.70. The number of aliphatic imine (C=N–C) groups is 1. The summed E-state index contributed by atoms with van der Waals surface area (Å²) < 4.78 is 0. The molecule has 0 fully saturated rings. The molecule has 1 aliphatic heterocycles. The number of nitrogens with one attached hydrogen (secondary N) is 1. The van der Waals surface area contributed by atoms with Crippen molar-refractivity contribution in [1.82, 2.24) is 5.32 Å². The van der Waals surface area contributed by atoms with E-state index < -0.39 is 0 Å². The Kier molecular flexibility index (Phi) is 5.51. The minimum Gasteiger partial charge on any atom is -0.362 e. The van der Waals surface area contributed by atoms with Crippen LogP contribution in [0.2, 0.25) is 0 Å². The van der Waals surface area contributed by atoms with Crippen molar-refractivity contribution in [1.29, 1.82) is 0 Å². The zero-order chi connectivity index (χ0) is 11.3. The summed E-state index contributed by atoms with van der Waals surface area (Å²) in [7, 11) is 0. The van der Waals surface area contributed by atoms with E-state index in [4.69, 9.17) is 4.99 Å². The van der Waals surface area contributed by atoms with Gasteiger partial charge < -0.3 is 5.32 Å². The number of thioether (sulfide) groups is 1. The van der Waals surface area contributed by atoms with Crippen molar-refractivity contribution in [3.8, 4) is 0 Å². The predicted molar refractivity (Wildman–Crippen MR) is 70.6 cm³/mol. The Bertz CT molecular complexity index is 214. The molecule has 1 rings (SSSR count). The Labute approximate surface area is 98.3 Å². The van der Waals surface area contributed by atoms with Gasteiger partial charge in [0.2, 0.25) is 0 Å². The molecule has 0 radical (unpaired) electrons. The fourth-order valence-corrected chi connectivity index (χ4v) is 2.89. The summed E-state index contributed by atoms with van der Waals surface area (Å²) in [5.41, 5.74) is 0. The molecule has 3 heteroatoms. The molecule has 0 aromatic heterocycles. The van der Waals surface area contributed by atoms with Gasteiger partial charge in [0.05, 0.1) is 6.04 Å². The molecule has 0 aliphatic carbocycles. The Morgan fingerprint density at radius 3 is 2.73 bits per heavy atom. The van der Waals surface area contributed by atoms with Gasteiger partial charge in [-0.15, -0.1) is 0 Å². The molecule has 0 bridgehead atoms. The normalized spacial score (nSPS) is 23.0. The van der Waals surface area contributed by atoms with Gasteiger partial charge in [-0.3, -0.25) is 4.99 Å². The van der Waals surface area contributed by atoms with Gasteiger partial charge in [-0.05, 0) is 19.3 Å². The smallest absolute Gasteiger partial charge is 0.157 e. The summed E-state index contributed by atoms with van der Waals surface area (Å²) in [6.45, 7) is 8.99. The van der Waals surface area contributed by atoms with Gasteiger partial charge in [0.25, 0.3) is 0 Å². The summed E-state index contributed by atoms with van der Waals surface area (Å²) in [5.74, 6) is 1.82. The lowest BCUT2D eigenvalue weighted by Crippen LogP contribution is -2.29. The van der Waals surface area contributed by atoms with Crippen LogP contribution in [0.15, 0.2) is 4.99 Å². The molecule has 1 aliphatic rings. The molecule has 2 atom stereocenters. The lowest BCUT2D eigenvalue weighted by molar-refractivity contribution is 0.537. The topological polar surface area (TPSA) is 24.4 Å². The fourth-order valence-electron chi connectivity index (χ4n) is 1.60. The predicted octanol–water partition coefficient (Wildman–Crippen LogP) is 3.28. The van der Waals surface area contributed by atoms with Crippen LogP contribution in [0.3, 0.4) is 0 Å². The van der Waals surface area contributed by atoms with Crippen molar-refractivity contribution < 1.29 is 0 Å². The number of unbranched alkanes of at least 4 members (excludes halogenated alkanes) is 1. The second-order valence-electron chi connectivity index (χ2n) is 4.74. The molecule has 15 heavy (non-hydrogen) atoms. The third kappa shape index (κ3) is 4.45. The van der Waals surface area contributed by atoms with Crippen LogP contribution < -0.4 is 5.32 Å². The second kappa shape index (κ2) is 6.41. The molecule has 0 aromatic carbocycles. The Balaban J connectivity index is 2.30. The van der Waals surface area contributed by atoms with E-state index in [1.54, 1.807) is 0 Å². The molecule has 0 spiro atoms. The van der Waals surface area contributed by atoms with E-state index in [2.05, 4.69) is 33.0 Å². The molecule has 1 N–H and O–H groups in total. The van der Waals surface area contributed by atoms with Crippen LogP contribution >= 0.6 is 11.8 Å². The van der Waals surface area contributed by atoms with E-state index in [1.807, 2.05) is 11.8 Å². The lowest BCUT2D eigenvalue weighted by atomic mass is 10.1. The van der Waals surface area contributed by atoms with Crippen LogP contribution in [-0.2, 0) is 0 Å². The van der Waals surface area contributed by atoms with Gasteiger partial charge in [0.1, 0.15) is 0 Å². The average Bonchev–Trinajstić information content (AvgIpc) is 2.63. The highest BCUT2D eigenvalue weighted by Crippen LogP contribution is 2.22. The van der Waals surface area contributed by atoms with E-state index in [0.29, 0.717) is 18.0 Å². The molecule has 0 saturated heterocycles. The van der Waals surface area contributed by atoms with Crippen molar-refractivity contribution in [3.63, 3.8) is 0 Å². The first-order chi connectivity index (χ1) is 7.13. The highest BCUT2D eigenvalue weighted by molar-refractivity contribution is 8.14. The van der Waals surface area contributed by atoms with Gasteiger partial charge in [0.15, 0.2) is 5.17 Å². The third-order valence-corrected chi connectivity index (χ3v) is 3.81. The number of amidine groups is 1. The Hall–Kier alpha value is -0.180. The zero-order valence-corrected chi connectivity index (χ0v) is 11.2. The van der Waals surface area contributed by atoms with Crippen molar-refractivity contribution in [2.45, 2.75) is 59.0 Å². The minimum absolute atomic E-state index is 0.524. The zero-order valence-electron chi connectivity index (χ0n) is 10.4. The maximum atomic E-state index is 4.70. The van der Waals surface area contributed by atoms with E-state index in [-0.39, 0.29) is 0 Å². The van der Waals surface area contributed by atoms with Crippen LogP contribution in [0.4, 0.5) is 0 Å². The maximum absolute atomic E-state index is 4.70. The quantitative estimate of drug-likeness (QED) is 0.781. The third-order valence-electron chi connectivity index (χ3n) is 2.80. The Morgan fingerprint density at radius 1 is 1.47 bits per heavy atom. The SMILES string of the molecule is CCCCC(C)NC1=NC(C(C)C)CS1. The summed E-state index contributed by atoms with van der Waals surface area (Å²) >= 11 is 1.88. The molecule has 0 aromatic rings. The summed E-state index contributed by atoms with van der Waals surface area (Å²) in [5, 5.41) is 4.68. The standard InChI is InChI=1S/C12H24N2S/c1-5-6-7-10(4)13-12-14-11(8-15-12)9(2)3/h9-11H,5-8H2,1-4H3,(H,13,14). The van der Waals surface area contributed by atoms with Crippen LogP contribution in [0.5, 0.6) is 0 Å². The maximum Gasteiger partial charge on any atom is 0.157 e. The molecular formula is C12H24N2S. The molecule has 88 valence electrons. The van der Waals surface area contributed by atoms with Crippen molar-refractivity contribution in [2.75, 3.05) is 5.75 Å². The highest BCUT2D eigenvalue weighted by Gasteiger charge is 2.21. The molecular weight excluding hydrogens is 204 g/mol. The molecule has 0 amide bonds. The average molecular weight is 228 g/mol. The van der Waals surface area contributed by atoms with Crippen LogP contribution in [0.1, 0.15) is 47.0 Å². The van der Waals surface area contributed by atoms with Gasteiger partial charge in [-0.1, -0.05) is 45.4 Å². The number of hydrogen-bond acceptors (Lipinski definition) is 3. The summed E-state index contributed by atoms with van der Waals surface area (Å²) in [6, 6.07) is 1.10. The van der Waals surface area contributed by atoms with Crippen molar-refractivity contribution >= 4 is 16.9 Å². The monoisotopic (exact) mass is 228 g/mol. The van der Waals surface area contributed by atoms with Crippen LogP contribution in [-0.4, -0.2) is 23.0 Å². The Morgan fingerprint density at radius 2 is 2.20 bits per heavy atom. The van der Waals surface area contributed by atoms with Gasteiger partial charge >= 0.3 is 0 Å². The van der Waals surface area contributed by atoms with E-state index >= 15 is 0 Å². The van der Waals surface area contributed by atoms with Gasteiger partial charge in [-0.2, -0.15) is 0 Å².